The minimum Gasteiger partial charge on any atom is -0.478 e. The Morgan fingerprint density at radius 3 is 2.37 bits per heavy atom. The highest BCUT2D eigenvalue weighted by Crippen LogP contribution is 2.05. The van der Waals surface area contributed by atoms with Crippen molar-refractivity contribution in [2.24, 2.45) is 0 Å². The highest BCUT2D eigenvalue weighted by Gasteiger charge is 1.88. The van der Waals surface area contributed by atoms with Crippen molar-refractivity contribution in [2.45, 2.75) is 13.8 Å². The van der Waals surface area contributed by atoms with Crippen LogP contribution in [-0.4, -0.2) is 11.1 Å². The number of hydrogen-bond acceptors (Lipinski definition) is 1. The predicted molar refractivity (Wildman–Crippen MR) is 79.8 cm³/mol. The van der Waals surface area contributed by atoms with Crippen LogP contribution in [0, 0.1) is 0 Å². The topological polar surface area (TPSA) is 37.3 Å². The van der Waals surface area contributed by atoms with Gasteiger partial charge in [0.15, 0.2) is 0 Å². The van der Waals surface area contributed by atoms with Gasteiger partial charge in [-0.25, -0.2) is 4.79 Å². The predicted octanol–water partition coefficient (Wildman–Crippen LogP) is 4.23. The molecule has 19 heavy (non-hydrogen) atoms. The number of aliphatic carboxylic acids is 1. The molecule has 2 heteroatoms. The molecule has 0 amide bonds. The summed E-state index contributed by atoms with van der Waals surface area (Å²) < 4.78 is 0. The normalized spacial score (nSPS) is 13.4. The zero-order valence-electron chi connectivity index (χ0n) is 11.2. The van der Waals surface area contributed by atoms with E-state index in [0.717, 1.165) is 11.1 Å². The number of carboxylic acid groups (broad SMARTS) is 1. The lowest BCUT2D eigenvalue weighted by molar-refractivity contribution is -0.131. The van der Waals surface area contributed by atoms with Crippen molar-refractivity contribution in [1.29, 1.82) is 0 Å². The Hall–Kier alpha value is -2.35. The Bertz CT molecular complexity index is 532. The SMILES string of the molecule is CC(C=Cc1ccccc1)=CC=CC(C)=CC(=O)O. The number of carbonyl (C=O) groups is 1. The average Bonchev–Trinajstić information content (AvgIpc) is 2.36. The zero-order chi connectivity index (χ0) is 14.1. The largest absolute Gasteiger partial charge is 0.478 e. The standard InChI is InChI=1S/C17H18O2/c1-14(7-6-8-15(2)13-17(18)19)11-12-16-9-4-3-5-10-16/h3-13H,1-2H3,(H,18,19). The fraction of sp³-hybridized carbons (Fsp3) is 0.118. The van der Waals surface area contributed by atoms with E-state index in [9.17, 15) is 4.79 Å². The van der Waals surface area contributed by atoms with Crippen molar-refractivity contribution < 1.29 is 9.90 Å². The van der Waals surface area contributed by atoms with Gasteiger partial charge in [-0.15, -0.1) is 0 Å². The molecule has 1 aromatic carbocycles. The first-order valence-electron chi connectivity index (χ1n) is 6.07. The number of benzene rings is 1. The number of allylic oxidation sites excluding steroid dienone is 6. The molecular formula is C17H18O2. The molecule has 0 aliphatic carbocycles. The van der Waals surface area contributed by atoms with Crippen molar-refractivity contribution in [3.05, 3.63) is 77.4 Å². The van der Waals surface area contributed by atoms with Gasteiger partial charge in [0.1, 0.15) is 0 Å². The van der Waals surface area contributed by atoms with Crippen molar-refractivity contribution in [3.8, 4) is 0 Å². The summed E-state index contributed by atoms with van der Waals surface area (Å²) in [6.45, 7) is 3.76. The Morgan fingerprint density at radius 1 is 1.05 bits per heavy atom. The summed E-state index contributed by atoms with van der Waals surface area (Å²) in [5, 5.41) is 8.57. The van der Waals surface area contributed by atoms with Gasteiger partial charge in [-0.05, 0) is 25.0 Å². The summed E-state index contributed by atoms with van der Waals surface area (Å²) in [4.78, 5) is 10.4. The fourth-order valence-corrected chi connectivity index (χ4v) is 1.44. The molecule has 0 radical (unpaired) electrons. The molecule has 1 rings (SSSR count). The van der Waals surface area contributed by atoms with Crippen molar-refractivity contribution in [3.63, 3.8) is 0 Å². The van der Waals surface area contributed by atoms with Gasteiger partial charge in [-0.1, -0.05) is 66.3 Å². The van der Waals surface area contributed by atoms with Gasteiger partial charge in [0.2, 0.25) is 0 Å². The molecule has 1 aromatic rings. The quantitative estimate of drug-likeness (QED) is 0.630. The lowest BCUT2D eigenvalue weighted by atomic mass is 10.1. The highest BCUT2D eigenvalue weighted by atomic mass is 16.4. The van der Waals surface area contributed by atoms with Gasteiger partial charge >= 0.3 is 5.97 Å². The van der Waals surface area contributed by atoms with E-state index in [1.54, 1.807) is 13.0 Å². The maximum absolute atomic E-state index is 10.4. The second-order valence-electron chi connectivity index (χ2n) is 4.24. The molecule has 0 fully saturated rings. The van der Waals surface area contributed by atoms with Crippen LogP contribution in [0.2, 0.25) is 0 Å². The van der Waals surface area contributed by atoms with Crippen molar-refractivity contribution in [1.82, 2.24) is 0 Å². The summed E-state index contributed by atoms with van der Waals surface area (Å²) in [6, 6.07) is 10.1. The maximum Gasteiger partial charge on any atom is 0.328 e. The summed E-state index contributed by atoms with van der Waals surface area (Å²) >= 11 is 0. The van der Waals surface area contributed by atoms with Crippen LogP contribution in [0.25, 0.3) is 6.08 Å². The fourth-order valence-electron chi connectivity index (χ4n) is 1.44. The lowest BCUT2D eigenvalue weighted by Gasteiger charge is -1.92. The molecule has 1 N–H and O–H groups in total. The molecule has 0 unspecified atom stereocenters. The van der Waals surface area contributed by atoms with Crippen LogP contribution in [0.3, 0.4) is 0 Å². The zero-order valence-corrected chi connectivity index (χ0v) is 11.2. The first-order valence-corrected chi connectivity index (χ1v) is 6.07. The molecule has 98 valence electrons. The van der Waals surface area contributed by atoms with Crippen molar-refractivity contribution in [2.75, 3.05) is 0 Å². The molecular weight excluding hydrogens is 236 g/mol. The van der Waals surface area contributed by atoms with Gasteiger partial charge < -0.3 is 5.11 Å². The Kier molecular flexibility index (Phi) is 6.10. The third-order valence-corrected chi connectivity index (χ3v) is 2.41. The molecule has 0 bridgehead atoms. The molecule has 0 saturated heterocycles. The van der Waals surface area contributed by atoms with E-state index in [-0.39, 0.29) is 0 Å². The third-order valence-electron chi connectivity index (χ3n) is 2.41. The molecule has 0 aromatic heterocycles. The van der Waals surface area contributed by atoms with Gasteiger partial charge in [0.25, 0.3) is 0 Å². The van der Waals surface area contributed by atoms with E-state index in [1.165, 1.54) is 6.08 Å². The molecule has 0 aliphatic rings. The van der Waals surface area contributed by atoms with Crippen LogP contribution in [0.1, 0.15) is 19.4 Å². The number of carboxylic acids is 1. The molecule has 0 saturated carbocycles. The molecule has 0 aliphatic heterocycles. The van der Waals surface area contributed by atoms with Gasteiger partial charge in [-0.3, -0.25) is 0 Å². The van der Waals surface area contributed by atoms with Gasteiger partial charge in [-0.2, -0.15) is 0 Å². The number of rotatable bonds is 5. The minimum atomic E-state index is -0.924. The van der Waals surface area contributed by atoms with Crippen molar-refractivity contribution >= 4 is 12.0 Å². The molecule has 0 atom stereocenters. The number of hydrogen-bond donors (Lipinski definition) is 1. The third kappa shape index (κ3) is 6.84. The smallest absolute Gasteiger partial charge is 0.328 e. The van der Waals surface area contributed by atoms with E-state index < -0.39 is 5.97 Å². The van der Waals surface area contributed by atoms with Crippen LogP contribution in [-0.2, 0) is 4.79 Å². The first kappa shape index (κ1) is 14.7. The van der Waals surface area contributed by atoms with Crippen LogP contribution in [0.5, 0.6) is 0 Å². The molecule has 0 heterocycles. The first-order chi connectivity index (χ1) is 9.08. The Morgan fingerprint density at radius 2 is 1.74 bits per heavy atom. The second kappa shape index (κ2) is 7.88. The van der Waals surface area contributed by atoms with E-state index in [1.807, 2.05) is 61.6 Å². The highest BCUT2D eigenvalue weighted by molar-refractivity contribution is 5.81. The summed E-state index contributed by atoms with van der Waals surface area (Å²) in [7, 11) is 0. The summed E-state index contributed by atoms with van der Waals surface area (Å²) in [6.07, 6.45) is 10.8. The van der Waals surface area contributed by atoms with Crippen LogP contribution >= 0.6 is 0 Å². The maximum atomic E-state index is 10.4. The van der Waals surface area contributed by atoms with E-state index in [4.69, 9.17) is 5.11 Å². The molecule has 2 nitrogen and oxygen atoms in total. The van der Waals surface area contributed by atoms with Crippen LogP contribution in [0.15, 0.2) is 71.9 Å². The van der Waals surface area contributed by atoms with E-state index in [2.05, 4.69) is 0 Å². The minimum absolute atomic E-state index is 0.712. The van der Waals surface area contributed by atoms with Crippen LogP contribution < -0.4 is 0 Å². The van der Waals surface area contributed by atoms with Crippen LogP contribution in [0.4, 0.5) is 0 Å². The van der Waals surface area contributed by atoms with E-state index >= 15 is 0 Å². The van der Waals surface area contributed by atoms with Gasteiger partial charge in [0.05, 0.1) is 0 Å². The van der Waals surface area contributed by atoms with E-state index in [0.29, 0.717) is 5.57 Å². The monoisotopic (exact) mass is 254 g/mol. The lowest BCUT2D eigenvalue weighted by Crippen LogP contribution is -1.87. The Labute approximate surface area is 114 Å². The average molecular weight is 254 g/mol. The summed E-state index contributed by atoms with van der Waals surface area (Å²) in [5.74, 6) is -0.924. The second-order valence-corrected chi connectivity index (χ2v) is 4.24. The Balaban J connectivity index is 2.61. The summed E-state index contributed by atoms with van der Waals surface area (Å²) in [5.41, 5.74) is 2.97. The van der Waals surface area contributed by atoms with Gasteiger partial charge in [0, 0.05) is 6.08 Å². The molecule has 0 spiro atoms.